The van der Waals surface area contributed by atoms with Crippen LogP contribution in [0.5, 0.6) is 0 Å². The fraction of sp³-hybridized carbons (Fsp3) is 0.333. The van der Waals surface area contributed by atoms with Gasteiger partial charge in [0.2, 0.25) is 5.89 Å². The lowest BCUT2D eigenvalue weighted by Gasteiger charge is -2.22. The maximum absolute atomic E-state index is 13.7. The summed E-state index contributed by atoms with van der Waals surface area (Å²) in [7, 11) is 0. The van der Waals surface area contributed by atoms with Crippen LogP contribution in [0.4, 0.5) is 10.1 Å². The maximum Gasteiger partial charge on any atom is 0.246 e. The number of fused-ring (bicyclic) bond motifs is 1. The van der Waals surface area contributed by atoms with Gasteiger partial charge in [-0.1, -0.05) is 0 Å². The predicted octanol–water partition coefficient (Wildman–Crippen LogP) is 4.51. The van der Waals surface area contributed by atoms with E-state index in [1.807, 2.05) is 25.3 Å². The minimum atomic E-state index is -0.201. The highest BCUT2D eigenvalue weighted by Gasteiger charge is 2.22. The van der Waals surface area contributed by atoms with Crippen LogP contribution < -0.4 is 4.90 Å². The lowest BCUT2D eigenvalue weighted by atomic mass is 10.2. The Balaban J connectivity index is 1.66. The molecule has 4 nitrogen and oxygen atoms in total. The van der Waals surface area contributed by atoms with E-state index < -0.39 is 0 Å². The van der Waals surface area contributed by atoms with Crippen molar-refractivity contribution in [3.8, 4) is 11.6 Å². The lowest BCUT2D eigenvalue weighted by molar-refractivity contribution is 0.511. The Morgan fingerprint density at radius 3 is 2.83 bits per heavy atom. The smallest absolute Gasteiger partial charge is 0.246 e. The summed E-state index contributed by atoms with van der Waals surface area (Å²) in [6.07, 6.45) is 1.80. The van der Waals surface area contributed by atoms with Gasteiger partial charge >= 0.3 is 0 Å². The Labute approximate surface area is 144 Å². The predicted molar refractivity (Wildman–Crippen MR) is 92.9 cm³/mol. The third kappa shape index (κ3) is 2.94. The van der Waals surface area contributed by atoms with Crippen molar-refractivity contribution in [1.82, 2.24) is 9.97 Å². The molecule has 24 heavy (non-hydrogen) atoms. The Hall–Kier alpha value is -2.21. The van der Waals surface area contributed by atoms with Gasteiger partial charge in [-0.2, -0.15) is 0 Å². The number of benzene rings is 1. The van der Waals surface area contributed by atoms with Crippen LogP contribution in [0.2, 0.25) is 0 Å². The van der Waals surface area contributed by atoms with E-state index in [4.69, 9.17) is 4.42 Å². The van der Waals surface area contributed by atoms with Gasteiger partial charge in [0, 0.05) is 24.0 Å². The summed E-state index contributed by atoms with van der Waals surface area (Å²) in [5, 5.41) is 2.96. The molecule has 0 unspecified atom stereocenters. The van der Waals surface area contributed by atoms with Crippen molar-refractivity contribution in [1.29, 1.82) is 0 Å². The van der Waals surface area contributed by atoms with Crippen molar-refractivity contribution in [2.24, 2.45) is 0 Å². The zero-order valence-corrected chi connectivity index (χ0v) is 14.5. The molecule has 0 fully saturated rings. The fourth-order valence-electron chi connectivity index (χ4n) is 3.08. The first-order valence-electron chi connectivity index (χ1n) is 8.02. The molecule has 3 aromatic rings. The molecule has 124 valence electrons. The van der Waals surface area contributed by atoms with Gasteiger partial charge in [-0.25, -0.2) is 14.4 Å². The molecule has 1 aliphatic heterocycles. The normalized spacial score (nSPS) is 14.5. The molecule has 1 aliphatic rings. The number of aromatic nitrogens is 2. The number of hydrogen-bond donors (Lipinski definition) is 0. The van der Waals surface area contributed by atoms with E-state index in [-0.39, 0.29) is 5.82 Å². The summed E-state index contributed by atoms with van der Waals surface area (Å²) >= 11 is 1.59. The monoisotopic (exact) mass is 343 g/mol. The summed E-state index contributed by atoms with van der Waals surface area (Å²) in [5.74, 6) is 1.31. The second-order valence-electron chi connectivity index (χ2n) is 6.15. The average Bonchev–Trinajstić information content (AvgIpc) is 3.07. The first kappa shape index (κ1) is 15.3. The van der Waals surface area contributed by atoms with Gasteiger partial charge in [-0.3, -0.25) is 0 Å². The van der Waals surface area contributed by atoms with E-state index in [1.54, 1.807) is 23.5 Å². The molecule has 0 atom stereocenters. The number of oxazole rings is 1. The molecular weight excluding hydrogens is 325 g/mol. The topological polar surface area (TPSA) is 42.2 Å². The zero-order valence-electron chi connectivity index (χ0n) is 13.7. The van der Waals surface area contributed by atoms with Crippen LogP contribution in [0.25, 0.3) is 11.6 Å². The standard InChI is InChI=1S/C18H18FN3OS/c1-11-6-13(19)8-14(7-11)22-5-3-4-17-15(9-22)21-18(23-17)16-10-24-12(2)20-16/h6-8,10H,3-5,9H2,1-2H3. The Morgan fingerprint density at radius 1 is 1.21 bits per heavy atom. The molecule has 0 bridgehead atoms. The number of rotatable bonds is 2. The Kier molecular flexibility index (Phi) is 3.84. The van der Waals surface area contributed by atoms with E-state index in [0.717, 1.165) is 52.8 Å². The molecule has 3 heterocycles. The van der Waals surface area contributed by atoms with Gasteiger partial charge in [0.1, 0.15) is 23.0 Å². The van der Waals surface area contributed by atoms with Gasteiger partial charge in [0.25, 0.3) is 0 Å². The van der Waals surface area contributed by atoms with E-state index in [9.17, 15) is 4.39 Å². The van der Waals surface area contributed by atoms with Crippen LogP contribution in [0.3, 0.4) is 0 Å². The number of thiazole rings is 1. The molecule has 0 N–H and O–H groups in total. The SMILES string of the molecule is Cc1cc(F)cc(N2CCCc3oc(-c4csc(C)n4)nc3C2)c1. The molecule has 0 aliphatic carbocycles. The molecule has 1 aromatic carbocycles. The molecular formula is C18H18FN3OS. The van der Waals surface area contributed by atoms with Crippen molar-refractivity contribution >= 4 is 17.0 Å². The van der Waals surface area contributed by atoms with Gasteiger partial charge in [0.15, 0.2) is 0 Å². The van der Waals surface area contributed by atoms with Crippen molar-refractivity contribution in [3.05, 3.63) is 51.4 Å². The van der Waals surface area contributed by atoms with Crippen molar-refractivity contribution < 1.29 is 8.81 Å². The molecule has 0 amide bonds. The summed E-state index contributed by atoms with van der Waals surface area (Å²) in [5.41, 5.74) is 3.54. The summed E-state index contributed by atoms with van der Waals surface area (Å²) < 4.78 is 19.7. The van der Waals surface area contributed by atoms with Crippen molar-refractivity contribution in [3.63, 3.8) is 0 Å². The average molecular weight is 343 g/mol. The fourth-order valence-corrected chi connectivity index (χ4v) is 3.67. The van der Waals surface area contributed by atoms with E-state index in [2.05, 4.69) is 14.9 Å². The molecule has 4 rings (SSSR count). The van der Waals surface area contributed by atoms with Crippen molar-refractivity contribution in [2.75, 3.05) is 11.4 Å². The van der Waals surface area contributed by atoms with Crippen LogP contribution in [0, 0.1) is 19.7 Å². The molecule has 0 spiro atoms. The molecule has 6 heteroatoms. The number of anilines is 1. The lowest BCUT2D eigenvalue weighted by Crippen LogP contribution is -2.23. The Bertz CT molecular complexity index is 866. The second kappa shape index (κ2) is 6.02. The summed E-state index contributed by atoms with van der Waals surface area (Å²) in [6, 6.07) is 5.15. The highest BCUT2D eigenvalue weighted by atomic mass is 32.1. The first-order valence-corrected chi connectivity index (χ1v) is 8.90. The maximum atomic E-state index is 13.7. The van der Waals surface area contributed by atoms with Crippen LogP contribution in [-0.4, -0.2) is 16.5 Å². The molecule has 0 radical (unpaired) electrons. The third-order valence-electron chi connectivity index (χ3n) is 4.18. The largest absolute Gasteiger partial charge is 0.440 e. The number of hydrogen-bond acceptors (Lipinski definition) is 5. The van der Waals surface area contributed by atoms with Crippen LogP contribution in [-0.2, 0) is 13.0 Å². The van der Waals surface area contributed by atoms with Gasteiger partial charge in [-0.15, -0.1) is 11.3 Å². The van der Waals surface area contributed by atoms with Crippen LogP contribution >= 0.6 is 11.3 Å². The molecule has 0 saturated carbocycles. The van der Waals surface area contributed by atoms with Gasteiger partial charge in [0.05, 0.1) is 11.6 Å². The summed E-state index contributed by atoms with van der Waals surface area (Å²) in [6.45, 7) is 5.37. The van der Waals surface area contributed by atoms with Gasteiger partial charge < -0.3 is 9.32 Å². The number of halogens is 1. The minimum Gasteiger partial charge on any atom is -0.440 e. The van der Waals surface area contributed by atoms with E-state index in [0.29, 0.717) is 12.4 Å². The summed E-state index contributed by atoms with van der Waals surface area (Å²) in [4.78, 5) is 11.3. The molecule has 0 saturated heterocycles. The number of nitrogens with zero attached hydrogens (tertiary/aromatic N) is 3. The van der Waals surface area contributed by atoms with Gasteiger partial charge in [-0.05, 0) is 44.0 Å². The zero-order chi connectivity index (χ0) is 16.7. The van der Waals surface area contributed by atoms with Crippen LogP contribution in [0.15, 0.2) is 28.0 Å². The minimum absolute atomic E-state index is 0.201. The highest BCUT2D eigenvalue weighted by Crippen LogP contribution is 2.29. The number of aryl methyl sites for hydroxylation is 3. The van der Waals surface area contributed by atoms with E-state index >= 15 is 0 Å². The van der Waals surface area contributed by atoms with Crippen LogP contribution in [0.1, 0.15) is 28.4 Å². The highest BCUT2D eigenvalue weighted by molar-refractivity contribution is 7.09. The molecule has 2 aromatic heterocycles. The van der Waals surface area contributed by atoms with Crippen molar-refractivity contribution in [2.45, 2.75) is 33.2 Å². The first-order chi connectivity index (χ1) is 11.6. The van der Waals surface area contributed by atoms with E-state index in [1.165, 1.54) is 0 Å². The Morgan fingerprint density at radius 2 is 2.08 bits per heavy atom. The quantitative estimate of drug-likeness (QED) is 0.687. The second-order valence-corrected chi connectivity index (χ2v) is 7.21. The third-order valence-corrected chi connectivity index (χ3v) is 4.95.